The monoisotopic (exact) mass is 450 g/mol. The lowest BCUT2D eigenvalue weighted by atomic mass is 10.1. The summed E-state index contributed by atoms with van der Waals surface area (Å²) in [6.45, 7) is 10.3. The smallest absolute Gasteiger partial charge is 0.261 e. The summed E-state index contributed by atoms with van der Waals surface area (Å²) in [5, 5.41) is 3.18. The minimum Gasteiger partial charge on any atom is -0.483 e. The van der Waals surface area contributed by atoms with E-state index in [1.54, 1.807) is 4.90 Å². The summed E-state index contributed by atoms with van der Waals surface area (Å²) in [6, 6.07) is 11.9. The van der Waals surface area contributed by atoms with E-state index < -0.39 is 6.04 Å². The third kappa shape index (κ3) is 6.59. The molecule has 0 spiro atoms. The third-order valence-corrected chi connectivity index (χ3v) is 6.68. The molecule has 3 rings (SSSR count). The first kappa shape index (κ1) is 24.8. The van der Waals surface area contributed by atoms with Gasteiger partial charge in [-0.1, -0.05) is 55.7 Å². The summed E-state index contributed by atoms with van der Waals surface area (Å²) in [5.41, 5.74) is 5.43. The van der Waals surface area contributed by atoms with Crippen LogP contribution in [0.15, 0.2) is 36.4 Å². The van der Waals surface area contributed by atoms with Crippen molar-refractivity contribution in [1.29, 1.82) is 0 Å². The van der Waals surface area contributed by atoms with Gasteiger partial charge in [-0.2, -0.15) is 0 Å². The van der Waals surface area contributed by atoms with Crippen LogP contribution in [-0.2, 0) is 16.1 Å². The number of rotatable bonds is 9. The Hall–Kier alpha value is -2.82. The number of hydrogen-bond donors (Lipinski definition) is 1. The van der Waals surface area contributed by atoms with Gasteiger partial charge < -0.3 is 15.0 Å². The van der Waals surface area contributed by atoms with Crippen molar-refractivity contribution in [3.8, 4) is 5.75 Å². The minimum atomic E-state index is -0.525. The molecule has 1 atom stereocenters. The molecule has 0 unspecified atom stereocenters. The average Bonchev–Trinajstić information content (AvgIpc) is 3.29. The van der Waals surface area contributed by atoms with Crippen LogP contribution in [0.2, 0.25) is 0 Å². The van der Waals surface area contributed by atoms with E-state index in [1.807, 2.05) is 65.0 Å². The number of aryl methyl sites for hydroxylation is 3. The molecule has 0 aromatic heterocycles. The largest absolute Gasteiger partial charge is 0.483 e. The summed E-state index contributed by atoms with van der Waals surface area (Å²) < 4.78 is 5.98. The molecule has 2 aromatic rings. The first-order valence-corrected chi connectivity index (χ1v) is 12.1. The van der Waals surface area contributed by atoms with Crippen molar-refractivity contribution in [2.45, 2.75) is 85.4 Å². The van der Waals surface area contributed by atoms with Gasteiger partial charge >= 0.3 is 0 Å². The molecule has 0 saturated heterocycles. The summed E-state index contributed by atoms with van der Waals surface area (Å²) in [7, 11) is 0. The number of benzene rings is 2. The van der Waals surface area contributed by atoms with Crippen LogP contribution in [0.3, 0.4) is 0 Å². The van der Waals surface area contributed by atoms with E-state index in [9.17, 15) is 9.59 Å². The maximum Gasteiger partial charge on any atom is 0.261 e. The first-order chi connectivity index (χ1) is 15.8. The second-order valence-electron chi connectivity index (χ2n) is 9.41. The molecule has 0 bridgehead atoms. The second kappa shape index (κ2) is 11.4. The zero-order chi connectivity index (χ0) is 24.0. The maximum absolute atomic E-state index is 13.4. The zero-order valence-electron chi connectivity index (χ0n) is 20.7. The summed E-state index contributed by atoms with van der Waals surface area (Å²) in [5.74, 6) is 0.481. The predicted molar refractivity (Wildman–Crippen MR) is 132 cm³/mol. The van der Waals surface area contributed by atoms with Gasteiger partial charge in [-0.25, -0.2) is 0 Å². The van der Waals surface area contributed by atoms with Crippen LogP contribution in [0.25, 0.3) is 0 Å². The molecule has 33 heavy (non-hydrogen) atoms. The van der Waals surface area contributed by atoms with Crippen LogP contribution in [0, 0.1) is 27.7 Å². The number of carbonyl (C=O) groups excluding carboxylic acids is 2. The van der Waals surface area contributed by atoms with E-state index in [1.165, 1.54) is 0 Å². The third-order valence-electron chi connectivity index (χ3n) is 6.68. The Labute approximate surface area is 198 Å². The molecular weight excluding hydrogens is 412 g/mol. The molecule has 5 nitrogen and oxygen atoms in total. The highest BCUT2D eigenvalue weighted by Crippen LogP contribution is 2.24. The van der Waals surface area contributed by atoms with Gasteiger partial charge in [0.05, 0.1) is 0 Å². The lowest BCUT2D eigenvalue weighted by Crippen LogP contribution is -2.52. The van der Waals surface area contributed by atoms with Gasteiger partial charge in [0.15, 0.2) is 6.61 Å². The average molecular weight is 451 g/mol. The molecule has 0 radical (unpaired) electrons. The summed E-state index contributed by atoms with van der Waals surface area (Å²) >= 11 is 0. The molecule has 1 saturated carbocycles. The quantitative estimate of drug-likeness (QED) is 0.574. The Morgan fingerprint density at radius 3 is 2.33 bits per heavy atom. The molecule has 1 fully saturated rings. The first-order valence-electron chi connectivity index (χ1n) is 12.1. The van der Waals surface area contributed by atoms with Crippen LogP contribution < -0.4 is 10.1 Å². The molecule has 0 heterocycles. The lowest BCUT2D eigenvalue weighted by molar-refractivity contribution is -0.143. The molecule has 1 aliphatic rings. The predicted octanol–water partition coefficient (Wildman–Crippen LogP) is 5.17. The van der Waals surface area contributed by atoms with Crippen molar-refractivity contribution in [2.75, 3.05) is 6.61 Å². The Morgan fingerprint density at radius 2 is 1.70 bits per heavy atom. The van der Waals surface area contributed by atoms with Crippen LogP contribution in [-0.4, -0.2) is 35.4 Å². The number of amides is 2. The van der Waals surface area contributed by atoms with Crippen molar-refractivity contribution in [1.82, 2.24) is 10.2 Å². The normalized spacial score (nSPS) is 14.7. The fourth-order valence-corrected chi connectivity index (χ4v) is 4.55. The Balaban J connectivity index is 1.79. The standard InChI is InChI=1S/C28H38N2O3/c1-6-25(28(32)29-24-9-7-8-10-24)30(17-23-13-11-19(2)12-14-23)27(31)18-33-26-16-20(3)15-21(4)22(26)5/h11-16,24-25H,6-10,17-18H2,1-5H3,(H,29,32)/t25-/m1/s1. The molecule has 1 aliphatic carbocycles. The number of hydrogen-bond acceptors (Lipinski definition) is 3. The van der Waals surface area contributed by atoms with Crippen molar-refractivity contribution >= 4 is 11.8 Å². The van der Waals surface area contributed by atoms with Crippen LogP contribution in [0.1, 0.15) is 66.8 Å². The second-order valence-corrected chi connectivity index (χ2v) is 9.41. The van der Waals surface area contributed by atoms with Crippen molar-refractivity contribution in [3.63, 3.8) is 0 Å². The van der Waals surface area contributed by atoms with Crippen LogP contribution in [0.5, 0.6) is 5.75 Å². The Bertz CT molecular complexity index is 962. The Morgan fingerprint density at radius 1 is 1.03 bits per heavy atom. The topological polar surface area (TPSA) is 58.6 Å². The maximum atomic E-state index is 13.4. The molecule has 0 aliphatic heterocycles. The fourth-order valence-electron chi connectivity index (χ4n) is 4.55. The lowest BCUT2D eigenvalue weighted by Gasteiger charge is -2.31. The van der Waals surface area contributed by atoms with Crippen LogP contribution >= 0.6 is 0 Å². The van der Waals surface area contributed by atoms with Gasteiger partial charge in [0.25, 0.3) is 5.91 Å². The van der Waals surface area contributed by atoms with Crippen molar-refractivity contribution in [3.05, 3.63) is 64.2 Å². The molecule has 5 heteroatoms. The Kier molecular flexibility index (Phi) is 8.54. The highest BCUT2D eigenvalue weighted by atomic mass is 16.5. The zero-order valence-corrected chi connectivity index (χ0v) is 20.7. The SMILES string of the molecule is CC[C@H](C(=O)NC1CCCC1)N(Cc1ccc(C)cc1)C(=O)COc1cc(C)cc(C)c1C. The van der Waals surface area contributed by atoms with Gasteiger partial charge in [-0.05, 0) is 75.3 Å². The van der Waals surface area contributed by atoms with E-state index >= 15 is 0 Å². The van der Waals surface area contributed by atoms with E-state index in [4.69, 9.17) is 4.74 Å². The summed E-state index contributed by atoms with van der Waals surface area (Å²) in [6.07, 6.45) is 4.89. The van der Waals surface area contributed by atoms with E-state index in [2.05, 4.69) is 11.4 Å². The minimum absolute atomic E-state index is 0.0626. The molecule has 1 N–H and O–H groups in total. The van der Waals surface area contributed by atoms with Crippen LogP contribution in [0.4, 0.5) is 0 Å². The van der Waals surface area contributed by atoms with Crippen molar-refractivity contribution in [2.24, 2.45) is 0 Å². The summed E-state index contributed by atoms with van der Waals surface area (Å²) in [4.78, 5) is 28.3. The van der Waals surface area contributed by atoms with Gasteiger partial charge in [-0.3, -0.25) is 9.59 Å². The highest BCUT2D eigenvalue weighted by Gasteiger charge is 2.31. The van der Waals surface area contributed by atoms with Gasteiger partial charge in [0, 0.05) is 12.6 Å². The van der Waals surface area contributed by atoms with E-state index in [0.29, 0.717) is 13.0 Å². The van der Waals surface area contributed by atoms with Gasteiger partial charge in [0.2, 0.25) is 5.91 Å². The number of nitrogens with one attached hydrogen (secondary N) is 1. The van der Waals surface area contributed by atoms with E-state index in [-0.39, 0.29) is 24.5 Å². The fraction of sp³-hybridized carbons (Fsp3) is 0.500. The number of ether oxygens (including phenoxy) is 1. The number of nitrogens with zero attached hydrogens (tertiary/aromatic N) is 1. The van der Waals surface area contributed by atoms with Crippen molar-refractivity contribution < 1.29 is 14.3 Å². The molecule has 2 aromatic carbocycles. The highest BCUT2D eigenvalue weighted by molar-refractivity contribution is 5.88. The molecular formula is C28H38N2O3. The van der Waals surface area contributed by atoms with Gasteiger partial charge in [0.1, 0.15) is 11.8 Å². The molecule has 178 valence electrons. The molecule has 2 amide bonds. The number of carbonyl (C=O) groups is 2. The van der Waals surface area contributed by atoms with E-state index in [0.717, 1.165) is 59.3 Å². The van der Waals surface area contributed by atoms with Gasteiger partial charge in [-0.15, -0.1) is 0 Å².